The summed E-state index contributed by atoms with van der Waals surface area (Å²) in [4.78, 5) is 13.5. The Morgan fingerprint density at radius 3 is 2.79 bits per heavy atom. The van der Waals surface area contributed by atoms with Gasteiger partial charge in [-0.05, 0) is 19.8 Å². The molecule has 0 spiro atoms. The predicted molar refractivity (Wildman–Crippen MR) is 70.2 cm³/mol. The van der Waals surface area contributed by atoms with Crippen LogP contribution in [0.25, 0.3) is 0 Å². The maximum absolute atomic E-state index is 11.3. The standard InChI is InChI=1S/C13H22N4O2/c1-8(2)13-16-15-11(19-13)7-17-6-10(12(14)18)5-4-9(17)3/h8-10H,4-7H2,1-3H3,(H2,14,18)/t9-,10+/m1/s1. The molecular formula is C13H22N4O2. The third-order valence-electron chi connectivity index (χ3n) is 3.73. The number of aromatic nitrogens is 2. The maximum Gasteiger partial charge on any atom is 0.230 e. The largest absolute Gasteiger partial charge is 0.424 e. The minimum Gasteiger partial charge on any atom is -0.424 e. The lowest BCUT2D eigenvalue weighted by Crippen LogP contribution is -2.45. The lowest BCUT2D eigenvalue weighted by atomic mass is 9.93. The van der Waals surface area contributed by atoms with Crippen LogP contribution in [0.5, 0.6) is 0 Å². The van der Waals surface area contributed by atoms with Gasteiger partial charge in [0.2, 0.25) is 17.7 Å². The molecule has 1 aromatic heterocycles. The Morgan fingerprint density at radius 2 is 2.21 bits per heavy atom. The Labute approximate surface area is 113 Å². The van der Waals surface area contributed by atoms with E-state index in [9.17, 15) is 4.79 Å². The summed E-state index contributed by atoms with van der Waals surface area (Å²) in [6.45, 7) is 7.45. The SMILES string of the molecule is CC(C)c1nnc(CN2C[C@@H](C(N)=O)CC[C@H]2C)o1. The molecule has 19 heavy (non-hydrogen) atoms. The van der Waals surface area contributed by atoms with E-state index in [0.29, 0.717) is 30.9 Å². The van der Waals surface area contributed by atoms with Crippen molar-refractivity contribution in [2.45, 2.75) is 52.1 Å². The third-order valence-corrected chi connectivity index (χ3v) is 3.73. The molecule has 1 aliphatic heterocycles. The van der Waals surface area contributed by atoms with Gasteiger partial charge in [0.05, 0.1) is 12.5 Å². The van der Waals surface area contributed by atoms with E-state index in [-0.39, 0.29) is 17.7 Å². The van der Waals surface area contributed by atoms with Crippen LogP contribution in [0.2, 0.25) is 0 Å². The van der Waals surface area contributed by atoms with Gasteiger partial charge < -0.3 is 10.2 Å². The monoisotopic (exact) mass is 266 g/mol. The van der Waals surface area contributed by atoms with E-state index in [2.05, 4.69) is 22.0 Å². The average Bonchev–Trinajstić information content (AvgIpc) is 2.80. The highest BCUT2D eigenvalue weighted by molar-refractivity contribution is 5.76. The lowest BCUT2D eigenvalue weighted by molar-refractivity contribution is -0.124. The molecule has 2 atom stereocenters. The van der Waals surface area contributed by atoms with Crippen LogP contribution in [0.1, 0.15) is 51.3 Å². The fraction of sp³-hybridized carbons (Fsp3) is 0.769. The fourth-order valence-electron chi connectivity index (χ4n) is 2.37. The zero-order valence-electron chi connectivity index (χ0n) is 11.8. The summed E-state index contributed by atoms with van der Waals surface area (Å²) in [6, 6.07) is 0.407. The van der Waals surface area contributed by atoms with Crippen LogP contribution in [-0.4, -0.2) is 33.6 Å². The molecule has 1 aliphatic rings. The second-order valence-corrected chi connectivity index (χ2v) is 5.64. The molecule has 0 aromatic carbocycles. The van der Waals surface area contributed by atoms with Crippen LogP contribution >= 0.6 is 0 Å². The summed E-state index contributed by atoms with van der Waals surface area (Å²) >= 11 is 0. The van der Waals surface area contributed by atoms with Gasteiger partial charge in [-0.25, -0.2) is 0 Å². The van der Waals surface area contributed by atoms with Crippen LogP contribution < -0.4 is 5.73 Å². The first-order valence-electron chi connectivity index (χ1n) is 6.83. The Hall–Kier alpha value is -1.43. The van der Waals surface area contributed by atoms with Crippen LogP contribution in [0.3, 0.4) is 0 Å². The quantitative estimate of drug-likeness (QED) is 0.887. The van der Waals surface area contributed by atoms with Gasteiger partial charge in [0, 0.05) is 18.5 Å². The van der Waals surface area contributed by atoms with Crippen LogP contribution in [0.4, 0.5) is 0 Å². The molecule has 1 fully saturated rings. The average molecular weight is 266 g/mol. The van der Waals surface area contributed by atoms with Gasteiger partial charge >= 0.3 is 0 Å². The number of nitrogens with two attached hydrogens (primary N) is 1. The third kappa shape index (κ3) is 3.32. The number of hydrogen-bond acceptors (Lipinski definition) is 5. The summed E-state index contributed by atoms with van der Waals surface area (Å²) < 4.78 is 5.61. The Balaban J connectivity index is 2.01. The number of carbonyl (C=O) groups excluding carboxylic acids is 1. The van der Waals surface area contributed by atoms with Crippen molar-refractivity contribution in [3.8, 4) is 0 Å². The molecule has 0 bridgehead atoms. The van der Waals surface area contributed by atoms with E-state index in [1.165, 1.54) is 0 Å². The number of primary amides is 1. The molecule has 6 heteroatoms. The van der Waals surface area contributed by atoms with Crippen LogP contribution in [0, 0.1) is 5.92 Å². The molecule has 2 rings (SSSR count). The minimum absolute atomic E-state index is 0.0660. The highest BCUT2D eigenvalue weighted by Crippen LogP contribution is 2.23. The van der Waals surface area contributed by atoms with E-state index in [1.54, 1.807) is 0 Å². The number of nitrogens with zero attached hydrogens (tertiary/aromatic N) is 3. The molecule has 1 aromatic rings. The molecule has 2 N–H and O–H groups in total. The zero-order valence-corrected chi connectivity index (χ0v) is 11.8. The molecule has 1 saturated heterocycles. The van der Waals surface area contributed by atoms with Crippen molar-refractivity contribution in [1.82, 2.24) is 15.1 Å². The fourth-order valence-corrected chi connectivity index (χ4v) is 2.37. The first kappa shape index (κ1) is 14.0. The van der Waals surface area contributed by atoms with Crippen molar-refractivity contribution in [2.75, 3.05) is 6.54 Å². The summed E-state index contributed by atoms with van der Waals surface area (Å²) in [7, 11) is 0. The highest BCUT2D eigenvalue weighted by Gasteiger charge is 2.29. The Bertz CT molecular complexity index is 444. The number of carbonyl (C=O) groups is 1. The lowest BCUT2D eigenvalue weighted by Gasteiger charge is -2.35. The number of amides is 1. The first-order valence-corrected chi connectivity index (χ1v) is 6.83. The minimum atomic E-state index is -0.217. The van der Waals surface area contributed by atoms with Crippen molar-refractivity contribution in [3.05, 3.63) is 11.8 Å². The van der Waals surface area contributed by atoms with Gasteiger partial charge in [0.1, 0.15) is 0 Å². The zero-order chi connectivity index (χ0) is 14.0. The van der Waals surface area contributed by atoms with Gasteiger partial charge in [0.15, 0.2) is 0 Å². The normalized spacial score (nSPS) is 24.8. The topological polar surface area (TPSA) is 85.3 Å². The van der Waals surface area contributed by atoms with Crippen LogP contribution in [0.15, 0.2) is 4.42 Å². The number of hydrogen-bond donors (Lipinski definition) is 1. The van der Waals surface area contributed by atoms with Gasteiger partial charge in [-0.2, -0.15) is 0 Å². The second-order valence-electron chi connectivity index (χ2n) is 5.64. The smallest absolute Gasteiger partial charge is 0.230 e. The molecule has 2 heterocycles. The molecule has 6 nitrogen and oxygen atoms in total. The predicted octanol–water partition coefficient (Wildman–Crippen LogP) is 1.28. The Morgan fingerprint density at radius 1 is 1.47 bits per heavy atom. The summed E-state index contributed by atoms with van der Waals surface area (Å²) in [5.74, 6) is 1.22. The molecule has 0 unspecified atom stereocenters. The molecule has 0 radical (unpaired) electrons. The van der Waals surface area contributed by atoms with E-state index >= 15 is 0 Å². The molecule has 0 saturated carbocycles. The number of piperidine rings is 1. The number of likely N-dealkylation sites (tertiary alicyclic amines) is 1. The summed E-state index contributed by atoms with van der Waals surface area (Å²) in [6.07, 6.45) is 1.84. The molecular weight excluding hydrogens is 244 g/mol. The van der Waals surface area contributed by atoms with Gasteiger partial charge in [0.25, 0.3) is 0 Å². The van der Waals surface area contributed by atoms with Gasteiger partial charge in [-0.3, -0.25) is 9.69 Å². The van der Waals surface area contributed by atoms with Gasteiger partial charge in [-0.15, -0.1) is 10.2 Å². The van der Waals surface area contributed by atoms with Crippen molar-refractivity contribution in [3.63, 3.8) is 0 Å². The van der Waals surface area contributed by atoms with Crippen molar-refractivity contribution in [2.24, 2.45) is 11.7 Å². The van der Waals surface area contributed by atoms with E-state index in [1.807, 2.05) is 13.8 Å². The number of rotatable bonds is 4. The highest BCUT2D eigenvalue weighted by atomic mass is 16.4. The molecule has 1 amide bonds. The van der Waals surface area contributed by atoms with Crippen molar-refractivity contribution < 1.29 is 9.21 Å². The maximum atomic E-state index is 11.3. The second kappa shape index (κ2) is 5.69. The summed E-state index contributed by atoms with van der Waals surface area (Å²) in [5, 5.41) is 8.09. The van der Waals surface area contributed by atoms with Gasteiger partial charge in [-0.1, -0.05) is 13.8 Å². The van der Waals surface area contributed by atoms with E-state index in [4.69, 9.17) is 10.2 Å². The summed E-state index contributed by atoms with van der Waals surface area (Å²) in [5.41, 5.74) is 5.40. The Kier molecular flexibility index (Phi) is 4.19. The van der Waals surface area contributed by atoms with Crippen LogP contribution in [-0.2, 0) is 11.3 Å². The van der Waals surface area contributed by atoms with E-state index < -0.39 is 0 Å². The van der Waals surface area contributed by atoms with E-state index in [0.717, 1.165) is 12.8 Å². The molecule has 106 valence electrons. The van der Waals surface area contributed by atoms with Crippen molar-refractivity contribution in [1.29, 1.82) is 0 Å². The van der Waals surface area contributed by atoms with Crippen molar-refractivity contribution >= 4 is 5.91 Å². The molecule has 0 aliphatic carbocycles. The first-order chi connectivity index (χ1) is 8.97.